The predicted molar refractivity (Wildman–Crippen MR) is 237 cm³/mol. The summed E-state index contributed by atoms with van der Waals surface area (Å²) >= 11 is 0. The molecular weight excluding hydrogens is 679 g/mol. The summed E-state index contributed by atoms with van der Waals surface area (Å²) in [6.07, 6.45) is 0. The summed E-state index contributed by atoms with van der Waals surface area (Å²) in [5.41, 5.74) is 12.3. The zero-order chi connectivity index (χ0) is 37.0. The minimum atomic E-state index is 0.921. The highest BCUT2D eigenvalue weighted by atomic mass is 16.3. The second-order valence-electron chi connectivity index (χ2n) is 14.5. The molecule has 262 valence electrons. The van der Waals surface area contributed by atoms with Gasteiger partial charge in [-0.3, -0.25) is 0 Å². The van der Waals surface area contributed by atoms with Gasteiger partial charge < -0.3 is 9.32 Å². The molecule has 0 radical (unpaired) electrons. The van der Waals surface area contributed by atoms with Gasteiger partial charge in [0.1, 0.15) is 11.2 Å². The van der Waals surface area contributed by atoms with Crippen LogP contribution < -0.4 is 4.90 Å². The van der Waals surface area contributed by atoms with Gasteiger partial charge in [0.2, 0.25) is 0 Å². The van der Waals surface area contributed by atoms with Crippen LogP contribution in [0.2, 0.25) is 0 Å². The van der Waals surface area contributed by atoms with Crippen molar-refractivity contribution >= 4 is 71.3 Å². The Kier molecular flexibility index (Phi) is 7.53. The van der Waals surface area contributed by atoms with Crippen LogP contribution in [0, 0.1) is 0 Å². The molecule has 0 saturated carbocycles. The van der Waals surface area contributed by atoms with Gasteiger partial charge in [-0.2, -0.15) is 0 Å². The SMILES string of the molecule is c1ccc(N(c2ccc(-c3cc4ccccc4c4ccccc34)cc2)c2cccc(-c3ccc(-c4ccc5ccc6oc7ccccc7c6c5c4)cc3)c2)cc1. The first-order chi connectivity index (χ1) is 27.7. The minimum Gasteiger partial charge on any atom is -0.456 e. The van der Waals surface area contributed by atoms with Crippen LogP contribution in [0.25, 0.3) is 87.6 Å². The quantitative estimate of drug-likeness (QED) is 0.160. The third-order valence-electron chi connectivity index (χ3n) is 11.2. The van der Waals surface area contributed by atoms with E-state index in [9.17, 15) is 0 Å². The number of nitrogens with zero attached hydrogens (tertiary/aromatic N) is 1. The lowest BCUT2D eigenvalue weighted by atomic mass is 9.93. The Labute approximate surface area is 325 Å². The standard InChI is InChI=1S/C54H35NO/c1-2-13-43(14-3-1)55(44-30-27-38(28-31-44)50-35-42-11-4-5-16-46(42)47-17-6-7-18-48(47)50)45-15-10-12-40(33-45)36-21-23-37(24-22-36)41-26-25-39-29-32-53-54(51(39)34-41)49-19-8-9-20-52(49)56-53/h1-35H. The van der Waals surface area contributed by atoms with E-state index < -0.39 is 0 Å². The molecule has 11 aromatic rings. The van der Waals surface area contributed by atoms with Crippen LogP contribution in [0.15, 0.2) is 217 Å². The Morgan fingerprint density at radius 3 is 1.68 bits per heavy atom. The van der Waals surface area contributed by atoms with Crippen molar-refractivity contribution in [3.05, 3.63) is 212 Å². The molecule has 0 atom stereocenters. The maximum absolute atomic E-state index is 6.20. The lowest BCUT2D eigenvalue weighted by Gasteiger charge is -2.26. The molecule has 0 N–H and O–H groups in total. The Morgan fingerprint density at radius 1 is 0.286 bits per heavy atom. The molecule has 0 bridgehead atoms. The van der Waals surface area contributed by atoms with Crippen molar-refractivity contribution in [2.24, 2.45) is 0 Å². The Hall–Kier alpha value is -7.42. The van der Waals surface area contributed by atoms with Gasteiger partial charge in [-0.25, -0.2) is 0 Å². The van der Waals surface area contributed by atoms with Gasteiger partial charge in [-0.15, -0.1) is 0 Å². The highest BCUT2D eigenvalue weighted by Crippen LogP contribution is 2.41. The third-order valence-corrected chi connectivity index (χ3v) is 11.2. The number of hydrogen-bond acceptors (Lipinski definition) is 2. The molecule has 10 aromatic carbocycles. The van der Waals surface area contributed by atoms with Crippen molar-refractivity contribution < 1.29 is 4.42 Å². The molecule has 0 saturated heterocycles. The van der Waals surface area contributed by atoms with Crippen LogP contribution in [0.3, 0.4) is 0 Å². The van der Waals surface area contributed by atoms with E-state index in [1.54, 1.807) is 0 Å². The molecule has 1 aromatic heterocycles. The average molecular weight is 714 g/mol. The van der Waals surface area contributed by atoms with Gasteiger partial charge in [0.05, 0.1) is 0 Å². The van der Waals surface area contributed by atoms with E-state index in [1.807, 2.05) is 12.1 Å². The summed E-state index contributed by atoms with van der Waals surface area (Å²) in [6.45, 7) is 0. The molecule has 0 spiro atoms. The second kappa shape index (κ2) is 13.2. The summed E-state index contributed by atoms with van der Waals surface area (Å²) in [4.78, 5) is 2.34. The van der Waals surface area contributed by atoms with Gasteiger partial charge in [0, 0.05) is 27.8 Å². The van der Waals surface area contributed by atoms with Crippen LogP contribution >= 0.6 is 0 Å². The summed E-state index contributed by atoms with van der Waals surface area (Å²) in [6, 6.07) is 76.5. The van der Waals surface area contributed by atoms with Crippen molar-refractivity contribution in [3.63, 3.8) is 0 Å². The Morgan fingerprint density at radius 2 is 0.875 bits per heavy atom. The molecule has 0 aliphatic carbocycles. The highest BCUT2D eigenvalue weighted by molar-refractivity contribution is 6.19. The van der Waals surface area contributed by atoms with Crippen molar-refractivity contribution in [2.45, 2.75) is 0 Å². The molecule has 2 nitrogen and oxygen atoms in total. The van der Waals surface area contributed by atoms with Crippen molar-refractivity contribution in [3.8, 4) is 33.4 Å². The molecule has 0 amide bonds. The fourth-order valence-corrected chi connectivity index (χ4v) is 8.51. The number of furan rings is 1. The van der Waals surface area contributed by atoms with Crippen LogP contribution in [0.4, 0.5) is 17.1 Å². The maximum atomic E-state index is 6.20. The summed E-state index contributed by atoms with van der Waals surface area (Å²) < 4.78 is 6.20. The van der Waals surface area contributed by atoms with Crippen molar-refractivity contribution in [1.29, 1.82) is 0 Å². The first-order valence-electron chi connectivity index (χ1n) is 19.2. The van der Waals surface area contributed by atoms with Gasteiger partial charge in [0.15, 0.2) is 0 Å². The third kappa shape index (κ3) is 5.42. The zero-order valence-electron chi connectivity index (χ0n) is 30.6. The first-order valence-corrected chi connectivity index (χ1v) is 19.2. The monoisotopic (exact) mass is 713 g/mol. The Bertz CT molecular complexity index is 3230. The lowest BCUT2D eigenvalue weighted by Crippen LogP contribution is -2.09. The topological polar surface area (TPSA) is 16.4 Å². The van der Waals surface area contributed by atoms with Crippen molar-refractivity contribution in [2.75, 3.05) is 4.90 Å². The number of rotatable bonds is 6. The molecule has 0 fully saturated rings. The molecule has 11 rings (SSSR count). The van der Waals surface area contributed by atoms with Crippen molar-refractivity contribution in [1.82, 2.24) is 0 Å². The highest BCUT2D eigenvalue weighted by Gasteiger charge is 2.16. The molecule has 2 heteroatoms. The lowest BCUT2D eigenvalue weighted by molar-refractivity contribution is 0.669. The van der Waals surface area contributed by atoms with E-state index in [4.69, 9.17) is 4.42 Å². The number of para-hydroxylation sites is 2. The van der Waals surface area contributed by atoms with Crippen LogP contribution in [-0.2, 0) is 0 Å². The number of anilines is 3. The first kappa shape index (κ1) is 32.0. The van der Waals surface area contributed by atoms with Crippen LogP contribution in [0.5, 0.6) is 0 Å². The normalized spacial score (nSPS) is 11.6. The molecule has 0 aliphatic heterocycles. The van der Waals surface area contributed by atoms with E-state index in [0.29, 0.717) is 0 Å². The summed E-state index contributed by atoms with van der Waals surface area (Å²) in [5, 5.41) is 9.83. The van der Waals surface area contributed by atoms with E-state index in [1.165, 1.54) is 71.1 Å². The summed E-state index contributed by atoms with van der Waals surface area (Å²) in [7, 11) is 0. The number of hydrogen-bond donors (Lipinski definition) is 0. The number of fused-ring (bicyclic) bond motifs is 8. The smallest absolute Gasteiger partial charge is 0.136 e. The molecular formula is C54H35NO. The molecule has 0 unspecified atom stereocenters. The van der Waals surface area contributed by atoms with E-state index in [0.717, 1.165) is 33.6 Å². The minimum absolute atomic E-state index is 0.921. The van der Waals surface area contributed by atoms with Crippen LogP contribution in [0.1, 0.15) is 0 Å². The van der Waals surface area contributed by atoms with Gasteiger partial charge in [-0.1, -0.05) is 152 Å². The van der Waals surface area contributed by atoms with E-state index >= 15 is 0 Å². The van der Waals surface area contributed by atoms with Gasteiger partial charge in [0.25, 0.3) is 0 Å². The average Bonchev–Trinajstić information content (AvgIpc) is 3.66. The van der Waals surface area contributed by atoms with E-state index in [-0.39, 0.29) is 0 Å². The van der Waals surface area contributed by atoms with Gasteiger partial charge in [-0.05, 0) is 126 Å². The fraction of sp³-hybridized carbons (Fsp3) is 0. The molecule has 1 heterocycles. The maximum Gasteiger partial charge on any atom is 0.136 e. The number of benzene rings is 10. The largest absolute Gasteiger partial charge is 0.456 e. The molecule has 0 aliphatic rings. The van der Waals surface area contributed by atoms with Gasteiger partial charge >= 0.3 is 0 Å². The summed E-state index contributed by atoms with van der Waals surface area (Å²) in [5.74, 6) is 0. The predicted octanol–water partition coefficient (Wildman–Crippen LogP) is 15.5. The van der Waals surface area contributed by atoms with E-state index in [2.05, 4.69) is 205 Å². The fourth-order valence-electron chi connectivity index (χ4n) is 8.51. The van der Waals surface area contributed by atoms with Crippen LogP contribution in [-0.4, -0.2) is 0 Å². The second-order valence-corrected chi connectivity index (χ2v) is 14.5. The molecule has 56 heavy (non-hydrogen) atoms. The Balaban J connectivity index is 0.944. The zero-order valence-corrected chi connectivity index (χ0v) is 30.6.